The molecule has 0 atom stereocenters. The monoisotopic (exact) mass is 241 g/mol. The number of rotatable bonds is 6. The molecule has 0 aliphatic carbocycles. The number of nitro benzene ring substituents is 1. The van der Waals surface area contributed by atoms with Crippen LogP contribution in [0.4, 0.5) is 5.69 Å². The third-order valence-corrected chi connectivity index (χ3v) is 1.94. The van der Waals surface area contributed by atoms with Crippen LogP contribution in [0.25, 0.3) is 0 Å². The van der Waals surface area contributed by atoms with Gasteiger partial charge in [0.25, 0.3) is 0 Å². The van der Waals surface area contributed by atoms with Crippen molar-refractivity contribution < 1.29 is 24.3 Å². The van der Waals surface area contributed by atoms with Gasteiger partial charge >= 0.3 is 11.7 Å². The summed E-state index contributed by atoms with van der Waals surface area (Å²) in [6.07, 6.45) is -0.228. The van der Waals surface area contributed by atoms with Crippen molar-refractivity contribution in [1.29, 1.82) is 0 Å². The molecular formula is C10H11NO6. The predicted molar refractivity (Wildman–Crippen MR) is 57.4 cm³/mol. The molecule has 0 aliphatic rings. The lowest BCUT2D eigenvalue weighted by Gasteiger charge is -2.07. The van der Waals surface area contributed by atoms with E-state index in [4.69, 9.17) is 14.6 Å². The van der Waals surface area contributed by atoms with Gasteiger partial charge in [-0.3, -0.25) is 14.9 Å². The van der Waals surface area contributed by atoms with Crippen LogP contribution in [0.5, 0.6) is 11.5 Å². The number of carbonyl (C=O) groups is 1. The number of nitro groups is 1. The van der Waals surface area contributed by atoms with Crippen molar-refractivity contribution in [3.63, 3.8) is 0 Å². The Labute approximate surface area is 96.7 Å². The van der Waals surface area contributed by atoms with E-state index in [1.807, 2.05) is 0 Å². The largest absolute Gasteiger partial charge is 0.497 e. The smallest absolute Gasteiger partial charge is 0.311 e. The fourth-order valence-electron chi connectivity index (χ4n) is 1.14. The fraction of sp³-hybridized carbons (Fsp3) is 0.300. The zero-order valence-corrected chi connectivity index (χ0v) is 9.08. The summed E-state index contributed by atoms with van der Waals surface area (Å²) < 4.78 is 9.95. The van der Waals surface area contributed by atoms with E-state index in [1.54, 1.807) is 0 Å². The van der Waals surface area contributed by atoms with Crippen molar-refractivity contribution in [2.75, 3.05) is 13.7 Å². The lowest BCUT2D eigenvalue weighted by Crippen LogP contribution is -2.06. The van der Waals surface area contributed by atoms with Crippen molar-refractivity contribution in [1.82, 2.24) is 0 Å². The molecule has 0 bridgehead atoms. The second-order valence-electron chi connectivity index (χ2n) is 3.08. The molecule has 92 valence electrons. The van der Waals surface area contributed by atoms with E-state index in [9.17, 15) is 14.9 Å². The first-order valence-electron chi connectivity index (χ1n) is 4.71. The van der Waals surface area contributed by atoms with Crippen LogP contribution >= 0.6 is 0 Å². The topological polar surface area (TPSA) is 98.9 Å². The van der Waals surface area contributed by atoms with Gasteiger partial charge in [0.15, 0.2) is 0 Å². The number of ether oxygens (including phenoxy) is 2. The van der Waals surface area contributed by atoms with Crippen LogP contribution in [0, 0.1) is 10.1 Å². The predicted octanol–water partition coefficient (Wildman–Crippen LogP) is 1.46. The van der Waals surface area contributed by atoms with Gasteiger partial charge in [0.05, 0.1) is 25.1 Å². The van der Waals surface area contributed by atoms with Crippen LogP contribution in [0.2, 0.25) is 0 Å². The zero-order valence-electron chi connectivity index (χ0n) is 9.08. The number of benzene rings is 1. The van der Waals surface area contributed by atoms with E-state index in [2.05, 4.69) is 0 Å². The molecule has 1 N–H and O–H groups in total. The molecule has 0 saturated carbocycles. The first-order valence-corrected chi connectivity index (χ1v) is 4.71. The van der Waals surface area contributed by atoms with Crippen molar-refractivity contribution in [2.24, 2.45) is 0 Å². The van der Waals surface area contributed by atoms with Gasteiger partial charge in [-0.2, -0.15) is 0 Å². The van der Waals surface area contributed by atoms with Crippen LogP contribution in [0.3, 0.4) is 0 Å². The maximum absolute atomic E-state index is 10.7. The van der Waals surface area contributed by atoms with Gasteiger partial charge in [-0.05, 0) is 6.07 Å². The molecule has 0 amide bonds. The summed E-state index contributed by atoms with van der Waals surface area (Å²) in [5, 5.41) is 19.1. The Kier molecular flexibility index (Phi) is 4.27. The van der Waals surface area contributed by atoms with E-state index in [0.717, 1.165) is 0 Å². The highest BCUT2D eigenvalue weighted by Crippen LogP contribution is 2.31. The van der Waals surface area contributed by atoms with Crippen molar-refractivity contribution in [2.45, 2.75) is 6.42 Å². The molecule has 0 saturated heterocycles. The van der Waals surface area contributed by atoms with Crippen LogP contribution in [0.1, 0.15) is 6.42 Å². The maximum Gasteiger partial charge on any atom is 0.311 e. The number of carboxylic acids is 1. The SMILES string of the molecule is COc1ccc([N+](=O)[O-])c(OCCC(=O)O)c1. The highest BCUT2D eigenvalue weighted by molar-refractivity contribution is 5.66. The molecular weight excluding hydrogens is 230 g/mol. The fourth-order valence-corrected chi connectivity index (χ4v) is 1.14. The first-order chi connectivity index (χ1) is 8.04. The minimum atomic E-state index is -1.03. The summed E-state index contributed by atoms with van der Waals surface area (Å²) in [5.74, 6) is -0.632. The summed E-state index contributed by atoms with van der Waals surface area (Å²) in [6, 6.07) is 4.02. The molecule has 0 spiro atoms. The Bertz CT molecular complexity index is 431. The minimum Gasteiger partial charge on any atom is -0.497 e. The van der Waals surface area contributed by atoms with Gasteiger partial charge in [-0.1, -0.05) is 0 Å². The van der Waals surface area contributed by atoms with Crippen molar-refractivity contribution >= 4 is 11.7 Å². The Morgan fingerprint density at radius 2 is 2.24 bits per heavy atom. The van der Waals surface area contributed by atoms with E-state index in [0.29, 0.717) is 5.75 Å². The summed E-state index contributed by atoms with van der Waals surface area (Å²) in [4.78, 5) is 20.4. The van der Waals surface area contributed by atoms with Crippen molar-refractivity contribution in [3.8, 4) is 11.5 Å². The van der Waals surface area contributed by atoms with E-state index in [-0.39, 0.29) is 24.5 Å². The molecule has 1 aromatic rings. The normalized spacial score (nSPS) is 9.71. The average Bonchev–Trinajstić information content (AvgIpc) is 2.28. The van der Waals surface area contributed by atoms with E-state index in [1.165, 1.54) is 25.3 Å². The molecule has 0 unspecified atom stereocenters. The first kappa shape index (κ1) is 12.8. The Morgan fingerprint density at radius 3 is 2.76 bits per heavy atom. The number of nitrogens with zero attached hydrogens (tertiary/aromatic N) is 1. The van der Waals surface area contributed by atoms with Gasteiger partial charge in [0.1, 0.15) is 5.75 Å². The second kappa shape index (κ2) is 5.69. The lowest BCUT2D eigenvalue weighted by molar-refractivity contribution is -0.385. The number of carboxylic acid groups (broad SMARTS) is 1. The quantitative estimate of drug-likeness (QED) is 0.597. The highest BCUT2D eigenvalue weighted by atomic mass is 16.6. The molecule has 0 aromatic heterocycles. The number of aliphatic carboxylic acids is 1. The Morgan fingerprint density at radius 1 is 1.53 bits per heavy atom. The summed E-state index contributed by atoms with van der Waals surface area (Å²) >= 11 is 0. The number of methoxy groups -OCH3 is 1. The third-order valence-electron chi connectivity index (χ3n) is 1.94. The lowest BCUT2D eigenvalue weighted by atomic mass is 10.3. The number of hydrogen-bond acceptors (Lipinski definition) is 5. The van der Waals surface area contributed by atoms with E-state index >= 15 is 0 Å². The molecule has 0 aliphatic heterocycles. The summed E-state index contributed by atoms with van der Waals surface area (Å²) in [6.45, 7) is -0.136. The third kappa shape index (κ3) is 3.63. The molecule has 0 heterocycles. The molecule has 0 fully saturated rings. The van der Waals surface area contributed by atoms with Crippen LogP contribution in [0.15, 0.2) is 18.2 Å². The molecule has 1 aromatic carbocycles. The molecule has 1 rings (SSSR count). The van der Waals surface area contributed by atoms with Gasteiger partial charge in [0, 0.05) is 12.1 Å². The summed E-state index contributed by atoms with van der Waals surface area (Å²) in [7, 11) is 1.42. The minimum absolute atomic E-state index is 0.00407. The molecule has 7 heteroatoms. The van der Waals surface area contributed by atoms with Crippen LogP contribution < -0.4 is 9.47 Å². The standard InChI is InChI=1S/C10H11NO6/c1-16-7-2-3-8(11(14)15)9(6-7)17-5-4-10(12)13/h2-3,6H,4-5H2,1H3,(H,12,13). The van der Waals surface area contributed by atoms with Crippen molar-refractivity contribution in [3.05, 3.63) is 28.3 Å². The molecule has 7 nitrogen and oxygen atoms in total. The zero-order chi connectivity index (χ0) is 12.8. The maximum atomic E-state index is 10.7. The van der Waals surface area contributed by atoms with Gasteiger partial charge in [-0.25, -0.2) is 0 Å². The van der Waals surface area contributed by atoms with Gasteiger partial charge in [-0.15, -0.1) is 0 Å². The van der Waals surface area contributed by atoms with E-state index < -0.39 is 10.9 Å². The molecule has 0 radical (unpaired) electrons. The molecule has 17 heavy (non-hydrogen) atoms. The number of hydrogen-bond donors (Lipinski definition) is 1. The van der Waals surface area contributed by atoms with Crippen LogP contribution in [-0.2, 0) is 4.79 Å². The van der Waals surface area contributed by atoms with Crippen LogP contribution in [-0.4, -0.2) is 29.7 Å². The Hall–Kier alpha value is -2.31. The summed E-state index contributed by atoms with van der Waals surface area (Å²) in [5.41, 5.74) is -0.226. The highest BCUT2D eigenvalue weighted by Gasteiger charge is 2.16. The average molecular weight is 241 g/mol. The van der Waals surface area contributed by atoms with Gasteiger partial charge in [0.2, 0.25) is 5.75 Å². The second-order valence-corrected chi connectivity index (χ2v) is 3.08. The Balaban J connectivity index is 2.85. The van der Waals surface area contributed by atoms with Gasteiger partial charge < -0.3 is 14.6 Å².